The largest absolute Gasteiger partial charge is 0.325 e. The Labute approximate surface area is 79.1 Å². The number of amides is 1. The molecule has 1 amide bonds. The van der Waals surface area contributed by atoms with Crippen LogP contribution in [0.3, 0.4) is 0 Å². The van der Waals surface area contributed by atoms with Gasteiger partial charge in [-0.1, -0.05) is 22.0 Å². The molecule has 0 aliphatic carbocycles. The van der Waals surface area contributed by atoms with Gasteiger partial charge in [-0.3, -0.25) is 4.79 Å². The van der Waals surface area contributed by atoms with E-state index in [2.05, 4.69) is 21.2 Å². The number of halogens is 1. The van der Waals surface area contributed by atoms with Crippen LogP contribution in [0, 0.1) is 0 Å². The number of anilines is 1. The Hall–Kier alpha value is -0.830. The van der Waals surface area contributed by atoms with E-state index in [1.807, 2.05) is 25.1 Å². The van der Waals surface area contributed by atoms with Gasteiger partial charge in [0.2, 0.25) is 5.91 Å². The van der Waals surface area contributed by atoms with Crippen LogP contribution in [-0.2, 0) is 4.79 Å². The predicted molar refractivity (Wildman–Crippen MR) is 51.2 cm³/mol. The number of rotatable bonds is 0. The lowest BCUT2D eigenvalue weighted by molar-refractivity contribution is -0.116. The molecular weight excluding hydrogens is 218 g/mol. The maximum Gasteiger partial charge on any atom is 0.231 e. The quantitative estimate of drug-likeness (QED) is 0.723. The van der Waals surface area contributed by atoms with Crippen LogP contribution in [0.5, 0.6) is 0 Å². The fraction of sp³-hybridized carbons (Fsp3) is 0.222. The summed E-state index contributed by atoms with van der Waals surface area (Å²) in [6, 6.07) is 5.86. The van der Waals surface area contributed by atoms with Crippen LogP contribution in [0.1, 0.15) is 18.4 Å². The lowest BCUT2D eigenvalue weighted by atomic mass is 10.0. The van der Waals surface area contributed by atoms with E-state index in [0.717, 1.165) is 15.7 Å². The smallest absolute Gasteiger partial charge is 0.231 e. The number of nitrogens with one attached hydrogen (secondary N) is 1. The summed E-state index contributed by atoms with van der Waals surface area (Å²) in [4.78, 5) is 11.2. The maximum atomic E-state index is 11.2. The van der Waals surface area contributed by atoms with E-state index >= 15 is 0 Å². The summed E-state index contributed by atoms with van der Waals surface area (Å²) in [5, 5.41) is 2.82. The lowest BCUT2D eigenvalue weighted by Crippen LogP contribution is -2.08. The molecular formula is C9H8BrNO. The summed E-state index contributed by atoms with van der Waals surface area (Å²) in [6.07, 6.45) is 0. The van der Waals surface area contributed by atoms with Crippen LogP contribution in [0.2, 0.25) is 0 Å². The molecule has 0 bridgehead atoms. The molecule has 1 aromatic carbocycles. The molecule has 1 aliphatic rings. The van der Waals surface area contributed by atoms with E-state index in [4.69, 9.17) is 0 Å². The molecule has 1 heterocycles. The summed E-state index contributed by atoms with van der Waals surface area (Å²) in [5.74, 6) is 0.0798. The fourth-order valence-corrected chi connectivity index (χ4v) is 1.76. The molecule has 0 radical (unpaired) electrons. The zero-order valence-electron chi connectivity index (χ0n) is 6.60. The van der Waals surface area contributed by atoms with Gasteiger partial charge in [-0.25, -0.2) is 0 Å². The molecule has 2 rings (SSSR count). The van der Waals surface area contributed by atoms with Gasteiger partial charge in [0.25, 0.3) is 0 Å². The van der Waals surface area contributed by atoms with Crippen molar-refractivity contribution >= 4 is 27.5 Å². The van der Waals surface area contributed by atoms with Gasteiger partial charge in [-0.05, 0) is 24.6 Å². The third-order valence-electron chi connectivity index (χ3n) is 2.13. The van der Waals surface area contributed by atoms with E-state index in [1.54, 1.807) is 0 Å². The Bertz CT molecular complexity index is 348. The van der Waals surface area contributed by atoms with Gasteiger partial charge in [-0.15, -0.1) is 0 Å². The second-order valence-electron chi connectivity index (χ2n) is 2.94. The van der Waals surface area contributed by atoms with Crippen LogP contribution in [0.4, 0.5) is 5.69 Å². The van der Waals surface area contributed by atoms with Crippen LogP contribution in [0.25, 0.3) is 0 Å². The molecule has 0 saturated carbocycles. The third-order valence-corrected chi connectivity index (χ3v) is 2.63. The standard InChI is InChI=1S/C9H8BrNO/c1-5-7-3-2-6(10)4-8(7)11-9(5)12/h2-5H,1H3,(H,11,12). The zero-order valence-corrected chi connectivity index (χ0v) is 8.18. The molecule has 0 aromatic heterocycles. The minimum atomic E-state index is -0.00639. The highest BCUT2D eigenvalue weighted by Crippen LogP contribution is 2.33. The summed E-state index contributed by atoms with van der Waals surface area (Å²) in [5.41, 5.74) is 2.02. The Morgan fingerprint density at radius 2 is 2.25 bits per heavy atom. The molecule has 1 unspecified atom stereocenters. The molecule has 1 aromatic rings. The third kappa shape index (κ3) is 1.05. The van der Waals surface area contributed by atoms with Crippen molar-refractivity contribution in [1.82, 2.24) is 0 Å². The normalized spacial score (nSPS) is 20.5. The van der Waals surface area contributed by atoms with E-state index in [9.17, 15) is 4.79 Å². The first kappa shape index (κ1) is 7.80. The summed E-state index contributed by atoms with van der Waals surface area (Å²) < 4.78 is 0.996. The molecule has 2 nitrogen and oxygen atoms in total. The predicted octanol–water partition coefficient (Wildman–Crippen LogP) is 2.50. The van der Waals surface area contributed by atoms with E-state index < -0.39 is 0 Å². The van der Waals surface area contributed by atoms with Crippen molar-refractivity contribution in [1.29, 1.82) is 0 Å². The lowest BCUT2D eigenvalue weighted by Gasteiger charge is -1.99. The van der Waals surface area contributed by atoms with Crippen molar-refractivity contribution in [3.63, 3.8) is 0 Å². The van der Waals surface area contributed by atoms with E-state index in [-0.39, 0.29) is 11.8 Å². The van der Waals surface area contributed by atoms with Crippen LogP contribution >= 0.6 is 15.9 Å². The van der Waals surface area contributed by atoms with E-state index in [0.29, 0.717) is 0 Å². The monoisotopic (exact) mass is 225 g/mol. The minimum Gasteiger partial charge on any atom is -0.325 e. The Kier molecular flexibility index (Phi) is 1.68. The molecule has 0 spiro atoms. The van der Waals surface area contributed by atoms with Crippen molar-refractivity contribution < 1.29 is 4.79 Å². The summed E-state index contributed by atoms with van der Waals surface area (Å²) >= 11 is 3.35. The highest BCUT2D eigenvalue weighted by Gasteiger charge is 2.25. The van der Waals surface area contributed by atoms with Gasteiger partial charge in [-0.2, -0.15) is 0 Å². The number of hydrogen-bond donors (Lipinski definition) is 1. The van der Waals surface area contributed by atoms with Crippen molar-refractivity contribution in [2.75, 3.05) is 5.32 Å². The second-order valence-corrected chi connectivity index (χ2v) is 3.86. The first-order valence-corrected chi connectivity index (χ1v) is 4.58. The highest BCUT2D eigenvalue weighted by molar-refractivity contribution is 9.10. The number of fused-ring (bicyclic) bond motifs is 1. The first-order valence-electron chi connectivity index (χ1n) is 3.79. The number of benzene rings is 1. The number of carbonyl (C=O) groups excluding carboxylic acids is 1. The molecule has 1 aliphatic heterocycles. The molecule has 1 atom stereocenters. The first-order chi connectivity index (χ1) is 5.68. The molecule has 0 fully saturated rings. The van der Waals surface area contributed by atoms with Gasteiger partial charge in [0.1, 0.15) is 0 Å². The Morgan fingerprint density at radius 1 is 1.50 bits per heavy atom. The number of hydrogen-bond acceptors (Lipinski definition) is 1. The van der Waals surface area contributed by atoms with Crippen molar-refractivity contribution in [2.45, 2.75) is 12.8 Å². The van der Waals surface area contributed by atoms with Crippen LogP contribution in [-0.4, -0.2) is 5.91 Å². The van der Waals surface area contributed by atoms with Gasteiger partial charge in [0.05, 0.1) is 5.92 Å². The van der Waals surface area contributed by atoms with Gasteiger partial charge in [0, 0.05) is 10.2 Å². The van der Waals surface area contributed by atoms with Crippen molar-refractivity contribution in [3.05, 3.63) is 28.2 Å². The van der Waals surface area contributed by atoms with E-state index in [1.165, 1.54) is 0 Å². The average molecular weight is 226 g/mol. The topological polar surface area (TPSA) is 29.1 Å². The average Bonchev–Trinajstić information content (AvgIpc) is 2.28. The van der Waals surface area contributed by atoms with Gasteiger partial charge < -0.3 is 5.32 Å². The fourth-order valence-electron chi connectivity index (χ4n) is 1.40. The maximum absolute atomic E-state index is 11.2. The molecule has 0 saturated heterocycles. The minimum absolute atomic E-state index is 0.00639. The molecule has 1 N–H and O–H groups in total. The molecule has 12 heavy (non-hydrogen) atoms. The highest BCUT2D eigenvalue weighted by atomic mass is 79.9. The molecule has 3 heteroatoms. The van der Waals surface area contributed by atoms with Gasteiger partial charge in [0.15, 0.2) is 0 Å². The SMILES string of the molecule is CC1C(=O)Nc2cc(Br)ccc21. The van der Waals surface area contributed by atoms with Crippen LogP contribution in [0.15, 0.2) is 22.7 Å². The Balaban J connectivity index is 2.54. The van der Waals surface area contributed by atoms with Gasteiger partial charge >= 0.3 is 0 Å². The summed E-state index contributed by atoms with van der Waals surface area (Å²) in [7, 11) is 0. The zero-order chi connectivity index (χ0) is 8.72. The Morgan fingerprint density at radius 3 is 3.00 bits per heavy atom. The second kappa shape index (κ2) is 2.59. The van der Waals surface area contributed by atoms with Crippen LogP contribution < -0.4 is 5.32 Å². The van der Waals surface area contributed by atoms with Crippen molar-refractivity contribution in [3.8, 4) is 0 Å². The summed E-state index contributed by atoms with van der Waals surface area (Å²) in [6.45, 7) is 1.91. The van der Waals surface area contributed by atoms with Crippen molar-refractivity contribution in [2.24, 2.45) is 0 Å². The number of carbonyl (C=O) groups is 1. The molecule has 62 valence electrons.